The first-order valence-corrected chi connectivity index (χ1v) is 24.1. The van der Waals surface area contributed by atoms with Gasteiger partial charge in [-0.25, -0.2) is 14.8 Å². The first-order chi connectivity index (χ1) is 29.5. The number of fused-ring (bicyclic) bond motifs is 1. The van der Waals surface area contributed by atoms with Gasteiger partial charge in [-0.15, -0.1) is 0 Å². The van der Waals surface area contributed by atoms with Gasteiger partial charge >= 0.3 is 5.69 Å². The number of amides is 2. The third-order valence-corrected chi connectivity index (χ3v) is 16.9. The van der Waals surface area contributed by atoms with Crippen LogP contribution < -0.4 is 21.2 Å². The van der Waals surface area contributed by atoms with Gasteiger partial charge < -0.3 is 20.2 Å². The lowest BCUT2D eigenvalue weighted by molar-refractivity contribution is -0.135. The Balaban J connectivity index is 0.705. The molecule has 3 saturated carbocycles. The maximum Gasteiger partial charge on any atom is 0.329 e. The number of aliphatic hydroxyl groups is 1. The summed E-state index contributed by atoms with van der Waals surface area (Å²) >= 11 is 0. The molecule has 324 valence electrons. The summed E-state index contributed by atoms with van der Waals surface area (Å²) in [5.74, 6) is 1.48. The zero-order valence-corrected chi connectivity index (χ0v) is 36.4. The largest absolute Gasteiger partial charge is 0.393 e. The number of carbonyl (C=O) groups excluding carboxylic acids is 2. The fourth-order valence-corrected chi connectivity index (χ4v) is 13.3. The highest BCUT2D eigenvalue weighted by molar-refractivity contribution is 7.85. The lowest BCUT2D eigenvalue weighted by Gasteiger charge is -2.52. The maximum atomic E-state index is 13.9. The van der Waals surface area contributed by atoms with E-state index in [0.29, 0.717) is 35.5 Å². The van der Waals surface area contributed by atoms with Crippen LogP contribution in [0.25, 0.3) is 11.0 Å². The van der Waals surface area contributed by atoms with Crippen molar-refractivity contribution < 1.29 is 18.9 Å². The van der Waals surface area contributed by atoms with Crippen molar-refractivity contribution in [1.29, 1.82) is 0 Å². The van der Waals surface area contributed by atoms with Gasteiger partial charge in [0, 0.05) is 61.1 Å². The molecule has 6 aliphatic rings. The van der Waals surface area contributed by atoms with Crippen LogP contribution in [-0.2, 0) is 27.4 Å². The number of hydrogen-bond acceptors (Lipinski definition) is 10. The maximum absolute atomic E-state index is 13.9. The van der Waals surface area contributed by atoms with E-state index >= 15 is 0 Å². The van der Waals surface area contributed by atoms with Gasteiger partial charge in [0.15, 0.2) is 0 Å². The normalized spacial score (nSPS) is 25.8. The van der Waals surface area contributed by atoms with Gasteiger partial charge in [0.1, 0.15) is 6.04 Å². The molecule has 0 bridgehead atoms. The number of aryl methyl sites for hydroxylation is 2. The molecule has 6 fully saturated rings. The average molecular weight is 849 g/mol. The monoisotopic (exact) mass is 848 g/mol. The number of piperidine rings is 3. The van der Waals surface area contributed by atoms with Crippen molar-refractivity contribution >= 4 is 51.0 Å². The van der Waals surface area contributed by atoms with Crippen molar-refractivity contribution in [3.63, 3.8) is 0 Å². The number of aliphatic hydroxyl groups excluding tert-OH is 1. The Hall–Kier alpha value is -4.40. The number of anilines is 3. The van der Waals surface area contributed by atoms with Crippen LogP contribution in [0.4, 0.5) is 17.3 Å². The molecule has 3 saturated heterocycles. The number of carbonyl (C=O) groups is 2. The second-order valence-corrected chi connectivity index (χ2v) is 21.0. The van der Waals surface area contributed by atoms with E-state index < -0.39 is 22.7 Å². The summed E-state index contributed by atoms with van der Waals surface area (Å²) in [5, 5.41) is 16.2. The summed E-state index contributed by atoms with van der Waals surface area (Å²) in [6.07, 6.45) is 15.0. The first-order valence-electron chi connectivity index (χ1n) is 22.9. The fraction of sp³-hybridized carbons (Fsp3) is 0.596. The van der Waals surface area contributed by atoms with Crippen molar-refractivity contribution in [1.82, 2.24) is 29.3 Å². The minimum Gasteiger partial charge on any atom is -0.393 e. The Labute approximate surface area is 360 Å². The van der Waals surface area contributed by atoms with E-state index in [2.05, 4.69) is 39.5 Å². The molecule has 3 aliphatic heterocycles. The Morgan fingerprint density at radius 2 is 1.66 bits per heavy atom. The third kappa shape index (κ3) is 7.97. The predicted octanol–water partition coefficient (Wildman–Crippen LogP) is 6.32. The highest BCUT2D eigenvalue weighted by Gasteiger charge is 2.48. The highest BCUT2D eigenvalue weighted by Crippen LogP contribution is 2.52. The second kappa shape index (κ2) is 16.4. The third-order valence-electron chi connectivity index (χ3n) is 15.2. The lowest BCUT2D eigenvalue weighted by Crippen LogP contribution is -2.51. The van der Waals surface area contributed by atoms with Crippen molar-refractivity contribution in [3.8, 4) is 0 Å². The Morgan fingerprint density at radius 3 is 2.36 bits per heavy atom. The molecule has 13 nitrogen and oxygen atoms in total. The molecule has 0 radical (unpaired) electrons. The Morgan fingerprint density at radius 1 is 0.918 bits per heavy atom. The van der Waals surface area contributed by atoms with Gasteiger partial charge in [-0.3, -0.25) is 28.2 Å². The molecule has 2 amide bonds. The van der Waals surface area contributed by atoms with Crippen LogP contribution in [0.15, 0.2) is 52.3 Å². The van der Waals surface area contributed by atoms with Crippen molar-refractivity contribution in [2.75, 3.05) is 42.9 Å². The summed E-state index contributed by atoms with van der Waals surface area (Å²) < 4.78 is 17.1. The number of imidazole rings is 1. The molecule has 4 aromatic rings. The highest BCUT2D eigenvalue weighted by atomic mass is 32.2. The number of nitrogens with zero attached hydrogens (tertiary/aromatic N) is 6. The van der Waals surface area contributed by atoms with E-state index in [1.807, 2.05) is 30.5 Å². The lowest BCUT2D eigenvalue weighted by atomic mass is 9.63. The molecule has 1 spiro atoms. The van der Waals surface area contributed by atoms with Crippen LogP contribution in [0.2, 0.25) is 0 Å². The number of para-hydroxylation sites is 1. The smallest absolute Gasteiger partial charge is 0.329 e. The van der Waals surface area contributed by atoms with Crippen LogP contribution in [0.3, 0.4) is 0 Å². The minimum atomic E-state index is -1.04. The SMILES string of the molecule is Cc1cc(S(=O)C2CC3(CCN(CC4CCN(c5cccc6c5n(C)c(=O)n6C5CCC(=O)NC5=O)CC4)CC3)C2)ccc1Nc1ncc(C2CC2)c(C2CCC(O)CC2)n1. The Bertz CT molecular complexity index is 2410. The van der Waals surface area contributed by atoms with Crippen LogP contribution in [0.1, 0.15) is 125 Å². The number of imide groups is 1. The van der Waals surface area contributed by atoms with Gasteiger partial charge in [0.25, 0.3) is 0 Å². The van der Waals surface area contributed by atoms with E-state index in [9.17, 15) is 23.7 Å². The zero-order valence-electron chi connectivity index (χ0n) is 35.6. The Kier molecular flexibility index (Phi) is 10.9. The summed E-state index contributed by atoms with van der Waals surface area (Å²) in [5.41, 5.74) is 7.12. The average Bonchev–Trinajstić information content (AvgIpc) is 4.07. The molecule has 5 heterocycles. The quantitative estimate of drug-likeness (QED) is 0.155. The predicted molar refractivity (Wildman–Crippen MR) is 237 cm³/mol. The van der Waals surface area contributed by atoms with E-state index in [-0.39, 0.29) is 29.4 Å². The molecular formula is C47H60N8O5S. The van der Waals surface area contributed by atoms with E-state index in [0.717, 1.165) is 123 Å². The number of rotatable bonds is 10. The molecule has 2 atom stereocenters. The van der Waals surface area contributed by atoms with Crippen LogP contribution in [0.5, 0.6) is 0 Å². The van der Waals surface area contributed by atoms with Gasteiger partial charge in [-0.2, -0.15) is 0 Å². The number of aromatic nitrogens is 4. The van der Waals surface area contributed by atoms with Crippen LogP contribution in [-0.4, -0.2) is 89.2 Å². The topological polar surface area (TPSA) is 155 Å². The van der Waals surface area contributed by atoms with E-state index in [1.165, 1.54) is 31.2 Å². The van der Waals surface area contributed by atoms with Gasteiger partial charge in [-0.1, -0.05) is 6.07 Å². The molecule has 61 heavy (non-hydrogen) atoms. The van der Waals surface area contributed by atoms with E-state index in [1.54, 1.807) is 16.2 Å². The van der Waals surface area contributed by atoms with Crippen LogP contribution in [0, 0.1) is 18.3 Å². The number of nitrogens with one attached hydrogen (secondary N) is 2. The summed E-state index contributed by atoms with van der Waals surface area (Å²) in [6, 6.07) is 11.4. The number of hydrogen-bond donors (Lipinski definition) is 3. The van der Waals surface area contributed by atoms with Gasteiger partial charge in [-0.05, 0) is 162 Å². The number of likely N-dealkylation sites (tertiary alicyclic amines) is 1. The van der Waals surface area contributed by atoms with E-state index in [4.69, 9.17) is 9.97 Å². The molecule has 10 rings (SSSR count). The molecule has 3 N–H and O–H groups in total. The fourth-order valence-electron chi connectivity index (χ4n) is 11.4. The summed E-state index contributed by atoms with van der Waals surface area (Å²) in [4.78, 5) is 53.7. The van der Waals surface area contributed by atoms with Crippen LogP contribution >= 0.6 is 0 Å². The summed E-state index contributed by atoms with van der Waals surface area (Å²) in [7, 11) is 0.733. The van der Waals surface area contributed by atoms with Crippen molar-refractivity contribution in [2.24, 2.45) is 18.4 Å². The molecule has 2 aromatic carbocycles. The van der Waals surface area contributed by atoms with Crippen molar-refractivity contribution in [3.05, 3.63) is 69.9 Å². The summed E-state index contributed by atoms with van der Waals surface area (Å²) in [6.45, 7) is 7.21. The molecule has 14 heteroatoms. The second-order valence-electron chi connectivity index (χ2n) is 19.3. The van der Waals surface area contributed by atoms with Gasteiger partial charge in [0.2, 0.25) is 17.8 Å². The molecule has 3 aliphatic carbocycles. The number of benzene rings is 2. The standard InChI is InChI=1S/C47H60N8O5S/c1-29-24-34(12-13-37(29)49-45-48-27-36(31-6-7-31)42(51-45)32-8-10-33(56)11-9-32)61(60)35-25-47(26-35)18-22-53(23-19-47)28-30-16-20-54(21-17-30)38-4-3-5-39-43(38)52(2)46(59)55(39)40-14-15-41(57)50-44(40)58/h3-5,12-13,24,27,30-33,35,40,56H,6-11,14-23,25-26,28H2,1-2H3,(H,48,49,51)(H,50,57,58). The zero-order chi connectivity index (χ0) is 42.0. The minimum absolute atomic E-state index is 0.189. The molecule has 2 unspecified atom stereocenters. The molecular weight excluding hydrogens is 789 g/mol. The van der Waals surface area contributed by atoms with Gasteiger partial charge in [0.05, 0.1) is 39.3 Å². The molecule has 2 aromatic heterocycles. The first kappa shape index (κ1) is 40.7. The van der Waals surface area contributed by atoms with Crippen molar-refractivity contribution in [2.45, 2.75) is 131 Å².